The van der Waals surface area contributed by atoms with Gasteiger partial charge >= 0.3 is 0 Å². The second-order valence-corrected chi connectivity index (χ2v) is 13.4. The average Bonchev–Trinajstić information content (AvgIpc) is 3.10. The predicted octanol–water partition coefficient (Wildman–Crippen LogP) is 7.97. The summed E-state index contributed by atoms with van der Waals surface area (Å²) in [6.45, 7) is 6.24. The Morgan fingerprint density at radius 3 is 2.40 bits per heavy atom. The van der Waals surface area contributed by atoms with Gasteiger partial charge in [-0.15, -0.1) is 0 Å². The number of alkyl halides is 2. The lowest BCUT2D eigenvalue weighted by atomic mass is 9.88. The molecule has 0 atom stereocenters. The van der Waals surface area contributed by atoms with E-state index < -0.39 is 5.92 Å². The van der Waals surface area contributed by atoms with Gasteiger partial charge in [-0.1, -0.05) is 19.9 Å². The Labute approximate surface area is 278 Å². The molecule has 2 aromatic carbocycles. The lowest BCUT2D eigenvalue weighted by Gasteiger charge is -2.40. The molecular weight excluding hydrogens is 610 g/mol. The van der Waals surface area contributed by atoms with Crippen LogP contribution in [0, 0.1) is 0 Å². The van der Waals surface area contributed by atoms with Crippen LogP contribution in [0.1, 0.15) is 81.3 Å². The van der Waals surface area contributed by atoms with Crippen LogP contribution in [0.4, 0.5) is 8.78 Å². The van der Waals surface area contributed by atoms with E-state index in [2.05, 4.69) is 28.9 Å². The number of fused-ring (bicyclic) bond motifs is 1. The first kappa shape index (κ1) is 32.0. The molecule has 7 rings (SSSR count). The van der Waals surface area contributed by atoms with Gasteiger partial charge in [0.05, 0.1) is 23.4 Å². The van der Waals surface area contributed by atoms with Gasteiger partial charge in [-0.3, -0.25) is 4.79 Å². The summed E-state index contributed by atoms with van der Waals surface area (Å²) in [5.41, 5.74) is 4.18. The van der Waals surface area contributed by atoms with Gasteiger partial charge in [-0.05, 0) is 93.2 Å². The molecule has 3 aromatic heterocycles. The zero-order valence-corrected chi connectivity index (χ0v) is 27.4. The summed E-state index contributed by atoms with van der Waals surface area (Å²) in [7, 11) is 0. The van der Waals surface area contributed by atoms with Gasteiger partial charge in [0.1, 0.15) is 17.3 Å². The molecule has 1 aliphatic heterocycles. The molecule has 0 spiro atoms. The van der Waals surface area contributed by atoms with E-state index in [9.17, 15) is 13.6 Å². The van der Waals surface area contributed by atoms with E-state index in [0.29, 0.717) is 36.8 Å². The second kappa shape index (κ2) is 13.5. The minimum atomic E-state index is -2.51. The summed E-state index contributed by atoms with van der Waals surface area (Å²) in [5, 5.41) is 9.62. The number of piperidine rings is 1. The summed E-state index contributed by atoms with van der Waals surface area (Å²) in [6.07, 6.45) is 6.51. The Bertz CT molecular complexity index is 1930. The van der Waals surface area contributed by atoms with Gasteiger partial charge in [0, 0.05) is 65.8 Å². The first-order chi connectivity index (χ1) is 23.2. The third-order valence-corrected chi connectivity index (χ3v) is 9.77. The number of pyridine rings is 1. The lowest BCUT2D eigenvalue weighted by Crippen LogP contribution is -2.44. The van der Waals surface area contributed by atoms with Crippen LogP contribution in [0.3, 0.4) is 0 Å². The van der Waals surface area contributed by atoms with Gasteiger partial charge in [0.2, 0.25) is 5.92 Å². The number of nitrogens with zero attached hydrogens (tertiary/aromatic N) is 6. The molecule has 4 heterocycles. The van der Waals surface area contributed by atoms with Crippen LogP contribution in [0.5, 0.6) is 11.5 Å². The highest BCUT2D eigenvalue weighted by Crippen LogP contribution is 2.38. The van der Waals surface area contributed by atoms with E-state index in [-0.39, 0.29) is 30.4 Å². The fourth-order valence-corrected chi connectivity index (χ4v) is 6.85. The molecule has 0 N–H and O–H groups in total. The van der Waals surface area contributed by atoms with Crippen molar-refractivity contribution in [3.8, 4) is 22.8 Å². The third kappa shape index (κ3) is 7.13. The second-order valence-electron chi connectivity index (χ2n) is 13.4. The Morgan fingerprint density at radius 2 is 1.71 bits per heavy atom. The molecule has 0 bridgehead atoms. The quantitative estimate of drug-likeness (QED) is 0.168. The first-order valence-corrected chi connectivity index (χ1v) is 16.9. The van der Waals surface area contributed by atoms with Gasteiger partial charge in [-0.2, -0.15) is 10.2 Å². The van der Waals surface area contributed by atoms with Gasteiger partial charge in [0.25, 0.3) is 5.56 Å². The van der Waals surface area contributed by atoms with Crippen LogP contribution in [0.25, 0.3) is 22.2 Å². The van der Waals surface area contributed by atoms with Gasteiger partial charge in [-0.25, -0.2) is 18.7 Å². The summed E-state index contributed by atoms with van der Waals surface area (Å²) < 4.78 is 35.5. The summed E-state index contributed by atoms with van der Waals surface area (Å²) >= 11 is 0. The van der Waals surface area contributed by atoms with E-state index in [1.165, 1.54) is 0 Å². The molecule has 1 saturated carbocycles. The third-order valence-electron chi connectivity index (χ3n) is 9.77. The number of hydrogen-bond acceptors (Lipinski definition) is 7. The molecule has 8 nitrogen and oxygen atoms in total. The Kier molecular flexibility index (Phi) is 9.00. The van der Waals surface area contributed by atoms with Crippen molar-refractivity contribution >= 4 is 10.9 Å². The minimum Gasteiger partial charge on any atom is -0.457 e. The number of halogens is 2. The molecule has 0 radical (unpaired) electrons. The largest absolute Gasteiger partial charge is 0.457 e. The molecule has 0 amide bonds. The Balaban J connectivity index is 1.12. The molecule has 48 heavy (non-hydrogen) atoms. The number of aromatic nitrogens is 5. The molecule has 2 aliphatic rings. The van der Waals surface area contributed by atoms with Crippen LogP contribution in [-0.4, -0.2) is 54.7 Å². The van der Waals surface area contributed by atoms with Crippen molar-refractivity contribution in [2.24, 2.45) is 0 Å². The minimum absolute atomic E-state index is 0.0122. The molecule has 5 aromatic rings. The van der Waals surface area contributed by atoms with E-state index in [1.54, 1.807) is 22.9 Å². The predicted molar refractivity (Wildman–Crippen MR) is 182 cm³/mol. The van der Waals surface area contributed by atoms with Crippen molar-refractivity contribution in [1.29, 1.82) is 0 Å². The monoisotopic (exact) mass is 650 g/mol. The summed E-state index contributed by atoms with van der Waals surface area (Å²) in [4.78, 5) is 24.8. The van der Waals surface area contributed by atoms with Crippen molar-refractivity contribution in [2.45, 2.75) is 82.7 Å². The van der Waals surface area contributed by atoms with E-state index >= 15 is 0 Å². The maximum absolute atomic E-state index is 13.7. The van der Waals surface area contributed by atoms with Gasteiger partial charge < -0.3 is 14.2 Å². The van der Waals surface area contributed by atoms with Crippen molar-refractivity contribution < 1.29 is 13.5 Å². The zero-order valence-electron chi connectivity index (χ0n) is 27.4. The topological polar surface area (TPSA) is 86.0 Å². The molecular formula is C38H40F2N6O2. The SMILES string of the molecule is CC(C)c1ccc(-c2ccc(Oc3cc4nc(C5CCN(C6CCC(F)(F)CC6)CC5)ncc4cc3Cn3ccccc3=O)cc2)nn1. The summed E-state index contributed by atoms with van der Waals surface area (Å²) in [6, 6.07) is 21.0. The molecule has 2 fully saturated rings. The van der Waals surface area contributed by atoms with Crippen LogP contribution in [0.2, 0.25) is 0 Å². The highest BCUT2D eigenvalue weighted by atomic mass is 19.3. The van der Waals surface area contributed by atoms with Crippen LogP contribution < -0.4 is 10.3 Å². The maximum atomic E-state index is 13.7. The standard InChI is InChI=1S/C38H40F2N6O2/c1-25(2)32-10-11-33(44-43-32)26-6-8-31(9-7-26)48-35-22-34-28(21-29(35)24-46-18-4-3-5-36(46)47)23-41-37(42-34)27-14-19-45(20-15-27)30-12-16-38(39,40)17-13-30/h3-11,18,21-23,25,27,30H,12-17,19-20,24H2,1-2H3. The number of benzene rings is 2. The molecule has 1 aliphatic carbocycles. The zero-order chi connectivity index (χ0) is 33.3. The van der Waals surface area contributed by atoms with Crippen LogP contribution in [0.15, 0.2) is 83.9 Å². The average molecular weight is 651 g/mol. The number of hydrogen-bond donors (Lipinski definition) is 0. The van der Waals surface area contributed by atoms with E-state index in [0.717, 1.165) is 65.2 Å². The highest BCUT2D eigenvalue weighted by Gasteiger charge is 2.38. The highest BCUT2D eigenvalue weighted by molar-refractivity contribution is 5.81. The maximum Gasteiger partial charge on any atom is 0.250 e. The molecule has 0 unspecified atom stereocenters. The fraction of sp³-hybridized carbons (Fsp3) is 0.395. The first-order valence-electron chi connectivity index (χ1n) is 16.9. The smallest absolute Gasteiger partial charge is 0.250 e. The van der Waals surface area contributed by atoms with E-state index in [1.807, 2.05) is 60.8 Å². The van der Waals surface area contributed by atoms with Crippen molar-refractivity contribution in [3.05, 3.63) is 107 Å². The lowest BCUT2D eigenvalue weighted by molar-refractivity contribution is -0.0559. The Hall–Kier alpha value is -4.57. The fourth-order valence-electron chi connectivity index (χ4n) is 6.85. The molecule has 10 heteroatoms. The van der Waals surface area contributed by atoms with Crippen molar-refractivity contribution in [1.82, 2.24) is 29.6 Å². The molecule has 1 saturated heterocycles. The van der Waals surface area contributed by atoms with Crippen molar-refractivity contribution in [3.63, 3.8) is 0 Å². The molecule has 248 valence electrons. The number of likely N-dealkylation sites (tertiary alicyclic amines) is 1. The Morgan fingerprint density at radius 1 is 0.938 bits per heavy atom. The van der Waals surface area contributed by atoms with Crippen molar-refractivity contribution in [2.75, 3.05) is 13.1 Å². The summed E-state index contributed by atoms with van der Waals surface area (Å²) in [5.74, 6) is 0.0594. The number of rotatable bonds is 8. The normalized spacial score (nSPS) is 17.6. The number of ether oxygens (including phenoxy) is 1. The van der Waals surface area contributed by atoms with Gasteiger partial charge in [0.15, 0.2) is 0 Å². The van der Waals surface area contributed by atoms with Crippen LogP contribution in [-0.2, 0) is 6.54 Å². The van der Waals surface area contributed by atoms with E-state index in [4.69, 9.17) is 14.7 Å². The van der Waals surface area contributed by atoms with Crippen LogP contribution >= 0.6 is 0 Å².